The molecule has 3 nitrogen and oxygen atoms in total. The van der Waals surface area contributed by atoms with Gasteiger partial charge in [0, 0.05) is 45.4 Å². The van der Waals surface area contributed by atoms with Crippen molar-refractivity contribution >= 4 is 28.2 Å². The van der Waals surface area contributed by atoms with Gasteiger partial charge in [0.05, 0.1) is 5.69 Å². The topological polar surface area (TPSA) is 49.9 Å². The minimum Gasteiger partial charge on any atom is -0.455 e. The molecule has 0 spiro atoms. The maximum atomic E-state index is 8.20. The number of furan rings is 1. The summed E-state index contributed by atoms with van der Waals surface area (Å²) in [5, 5.41) is 10.2. The highest BCUT2D eigenvalue weighted by Gasteiger charge is 2.20. The second-order valence-electron chi connectivity index (χ2n) is 9.58. The van der Waals surface area contributed by atoms with Crippen LogP contribution in [0, 0.1) is 5.41 Å². The van der Waals surface area contributed by atoms with Crippen LogP contribution in [0.3, 0.4) is 0 Å². The SMILES string of the molecule is N=Cc1ccc(-c2ccc(-c3ccccn3)cc2)c2oc3c(-c4ccccc4)cc(-c4ccccc4)cc3c12. The van der Waals surface area contributed by atoms with Gasteiger partial charge in [-0.1, -0.05) is 97.1 Å². The first-order chi connectivity index (χ1) is 19.3. The van der Waals surface area contributed by atoms with Gasteiger partial charge in [-0.2, -0.15) is 0 Å². The second-order valence-corrected chi connectivity index (χ2v) is 9.58. The van der Waals surface area contributed by atoms with Gasteiger partial charge < -0.3 is 9.83 Å². The lowest BCUT2D eigenvalue weighted by Gasteiger charge is -2.08. The molecular formula is C36H24N2O. The van der Waals surface area contributed by atoms with Crippen LogP contribution in [0.25, 0.3) is 66.6 Å². The molecule has 5 aromatic carbocycles. The van der Waals surface area contributed by atoms with Crippen molar-refractivity contribution < 1.29 is 4.42 Å². The van der Waals surface area contributed by atoms with Crippen molar-refractivity contribution in [3.63, 3.8) is 0 Å². The summed E-state index contributed by atoms with van der Waals surface area (Å²) in [6, 6.07) is 43.6. The molecule has 0 aliphatic heterocycles. The third-order valence-electron chi connectivity index (χ3n) is 7.26. The second kappa shape index (κ2) is 9.55. The quantitative estimate of drug-likeness (QED) is 0.239. The van der Waals surface area contributed by atoms with E-state index in [0.29, 0.717) is 0 Å². The van der Waals surface area contributed by atoms with E-state index in [0.717, 1.165) is 72.1 Å². The van der Waals surface area contributed by atoms with Gasteiger partial charge in [-0.3, -0.25) is 4.98 Å². The lowest BCUT2D eigenvalue weighted by molar-refractivity contribution is 0.671. The monoisotopic (exact) mass is 500 g/mol. The number of rotatable bonds is 5. The summed E-state index contributed by atoms with van der Waals surface area (Å²) in [6.45, 7) is 0. The molecule has 7 rings (SSSR count). The summed E-state index contributed by atoms with van der Waals surface area (Å²) in [5.41, 5.74) is 10.9. The summed E-state index contributed by atoms with van der Waals surface area (Å²) in [7, 11) is 0. The van der Waals surface area contributed by atoms with E-state index in [-0.39, 0.29) is 0 Å². The molecule has 3 heteroatoms. The number of benzene rings is 5. The first-order valence-corrected chi connectivity index (χ1v) is 13.0. The molecule has 0 saturated carbocycles. The van der Waals surface area contributed by atoms with Crippen molar-refractivity contribution in [1.29, 1.82) is 5.41 Å². The molecule has 0 aliphatic rings. The molecule has 0 unspecified atom stereocenters. The van der Waals surface area contributed by atoms with Crippen LogP contribution in [-0.4, -0.2) is 11.2 Å². The number of nitrogens with zero attached hydrogens (tertiary/aromatic N) is 1. The Morgan fingerprint density at radius 1 is 0.538 bits per heavy atom. The Balaban J connectivity index is 1.50. The van der Waals surface area contributed by atoms with Crippen LogP contribution in [0.4, 0.5) is 0 Å². The van der Waals surface area contributed by atoms with E-state index < -0.39 is 0 Å². The van der Waals surface area contributed by atoms with Crippen LogP contribution < -0.4 is 0 Å². The molecule has 0 radical (unpaired) electrons. The van der Waals surface area contributed by atoms with Crippen LogP contribution in [0.15, 0.2) is 138 Å². The van der Waals surface area contributed by atoms with Crippen LogP contribution >= 0.6 is 0 Å². The number of aromatic nitrogens is 1. The van der Waals surface area contributed by atoms with Crippen molar-refractivity contribution in [2.75, 3.05) is 0 Å². The van der Waals surface area contributed by atoms with E-state index in [1.807, 2.05) is 42.6 Å². The molecule has 184 valence electrons. The standard InChI is InChI=1S/C36H24N2O/c37-23-28-18-19-30(26-14-16-27(17-15-26)33-13-7-8-20-38-33)36-34(28)32-22-29(24-9-3-1-4-10-24)21-31(35(32)39-36)25-11-5-2-6-12-25/h1-23,37H. The highest BCUT2D eigenvalue weighted by Crippen LogP contribution is 2.43. The third-order valence-corrected chi connectivity index (χ3v) is 7.26. The number of hydrogen-bond acceptors (Lipinski definition) is 3. The Morgan fingerprint density at radius 2 is 1.21 bits per heavy atom. The summed E-state index contributed by atoms with van der Waals surface area (Å²) < 4.78 is 6.76. The van der Waals surface area contributed by atoms with E-state index in [4.69, 9.17) is 9.83 Å². The lowest BCUT2D eigenvalue weighted by Crippen LogP contribution is -1.87. The van der Waals surface area contributed by atoms with Gasteiger partial charge in [-0.15, -0.1) is 0 Å². The predicted molar refractivity (Wildman–Crippen MR) is 161 cm³/mol. The van der Waals surface area contributed by atoms with Crippen molar-refractivity contribution in [3.8, 4) is 44.6 Å². The summed E-state index contributed by atoms with van der Waals surface area (Å²) >= 11 is 0. The molecule has 2 aromatic heterocycles. The van der Waals surface area contributed by atoms with Gasteiger partial charge in [-0.25, -0.2) is 0 Å². The highest BCUT2D eigenvalue weighted by atomic mass is 16.3. The first kappa shape index (κ1) is 22.9. The molecule has 2 heterocycles. The van der Waals surface area contributed by atoms with Gasteiger partial charge >= 0.3 is 0 Å². The zero-order valence-electron chi connectivity index (χ0n) is 21.1. The number of nitrogens with one attached hydrogen (secondary N) is 1. The fourth-order valence-corrected chi connectivity index (χ4v) is 5.34. The Hall–Kier alpha value is -5.28. The Kier molecular flexibility index (Phi) is 5.60. The normalized spacial score (nSPS) is 11.2. The summed E-state index contributed by atoms with van der Waals surface area (Å²) in [5.74, 6) is 0. The van der Waals surface area contributed by atoms with Gasteiger partial charge in [0.1, 0.15) is 11.2 Å². The largest absolute Gasteiger partial charge is 0.455 e. The zero-order valence-corrected chi connectivity index (χ0v) is 21.1. The van der Waals surface area contributed by atoms with Crippen molar-refractivity contribution in [2.45, 2.75) is 0 Å². The van der Waals surface area contributed by atoms with Crippen LogP contribution in [0.1, 0.15) is 5.56 Å². The fourth-order valence-electron chi connectivity index (χ4n) is 5.34. The molecule has 1 N–H and O–H groups in total. The maximum Gasteiger partial charge on any atom is 0.143 e. The Morgan fingerprint density at radius 3 is 1.90 bits per heavy atom. The fraction of sp³-hybridized carbons (Fsp3) is 0. The van der Waals surface area contributed by atoms with Gasteiger partial charge in [0.15, 0.2) is 0 Å². The number of hydrogen-bond donors (Lipinski definition) is 1. The summed E-state index contributed by atoms with van der Waals surface area (Å²) in [6.07, 6.45) is 3.23. The van der Waals surface area contributed by atoms with Crippen molar-refractivity contribution in [2.24, 2.45) is 0 Å². The molecule has 0 fully saturated rings. The first-order valence-electron chi connectivity index (χ1n) is 13.0. The number of pyridine rings is 1. The van der Waals surface area contributed by atoms with Crippen LogP contribution in [-0.2, 0) is 0 Å². The average Bonchev–Trinajstić information content (AvgIpc) is 3.41. The smallest absolute Gasteiger partial charge is 0.143 e. The molecule has 0 saturated heterocycles. The van der Waals surface area contributed by atoms with Crippen LogP contribution in [0.5, 0.6) is 0 Å². The van der Waals surface area contributed by atoms with E-state index >= 15 is 0 Å². The number of fused-ring (bicyclic) bond motifs is 3. The minimum absolute atomic E-state index is 0.791. The molecule has 0 bridgehead atoms. The van der Waals surface area contributed by atoms with E-state index in [9.17, 15) is 0 Å². The van der Waals surface area contributed by atoms with Crippen molar-refractivity contribution in [1.82, 2.24) is 4.98 Å². The van der Waals surface area contributed by atoms with E-state index in [2.05, 4.69) is 96.0 Å². The third kappa shape index (κ3) is 4.01. The summed E-state index contributed by atoms with van der Waals surface area (Å²) in [4.78, 5) is 4.48. The van der Waals surface area contributed by atoms with Gasteiger partial charge in [-0.05, 0) is 52.6 Å². The molecule has 0 amide bonds. The molecule has 0 aliphatic carbocycles. The van der Waals surface area contributed by atoms with Gasteiger partial charge in [0.2, 0.25) is 0 Å². The molecular weight excluding hydrogens is 476 g/mol. The molecule has 0 atom stereocenters. The Labute approximate surface area is 226 Å². The predicted octanol–water partition coefficient (Wildman–Crippen LogP) is 9.65. The zero-order chi connectivity index (χ0) is 26.2. The Bertz CT molecular complexity index is 1940. The van der Waals surface area contributed by atoms with Gasteiger partial charge in [0.25, 0.3) is 0 Å². The van der Waals surface area contributed by atoms with Crippen molar-refractivity contribution in [3.05, 3.63) is 139 Å². The highest BCUT2D eigenvalue weighted by molar-refractivity contribution is 6.19. The molecule has 7 aromatic rings. The maximum absolute atomic E-state index is 8.20. The average molecular weight is 501 g/mol. The minimum atomic E-state index is 0.791. The van der Waals surface area contributed by atoms with E-state index in [1.54, 1.807) is 0 Å². The van der Waals surface area contributed by atoms with E-state index in [1.165, 1.54) is 6.21 Å². The van der Waals surface area contributed by atoms with Crippen LogP contribution in [0.2, 0.25) is 0 Å². The lowest BCUT2D eigenvalue weighted by atomic mass is 9.93. The molecule has 39 heavy (non-hydrogen) atoms.